The number of amides is 1. The van der Waals surface area contributed by atoms with Crippen LogP contribution in [0.3, 0.4) is 0 Å². The second-order valence-electron chi connectivity index (χ2n) is 7.76. The van der Waals surface area contributed by atoms with Gasteiger partial charge in [-0.15, -0.1) is 0 Å². The van der Waals surface area contributed by atoms with E-state index in [0.29, 0.717) is 17.3 Å². The highest BCUT2D eigenvalue weighted by atomic mass is 32.1. The zero-order chi connectivity index (χ0) is 21.8. The molecule has 0 bridgehead atoms. The molecular formula is C24H28N2O3S. The van der Waals surface area contributed by atoms with Gasteiger partial charge in [-0.3, -0.25) is 9.59 Å². The van der Waals surface area contributed by atoms with Gasteiger partial charge in [-0.25, -0.2) is 0 Å². The Morgan fingerprint density at radius 3 is 2.40 bits per heavy atom. The summed E-state index contributed by atoms with van der Waals surface area (Å²) in [7, 11) is 0. The summed E-state index contributed by atoms with van der Waals surface area (Å²) in [5, 5.41) is 0. The molecule has 30 heavy (non-hydrogen) atoms. The number of nitrogens with zero attached hydrogens (tertiary/aromatic N) is 2. The lowest BCUT2D eigenvalue weighted by molar-refractivity contribution is -0.143. The van der Waals surface area contributed by atoms with Crippen LogP contribution in [0.25, 0.3) is 10.2 Å². The van der Waals surface area contributed by atoms with E-state index in [2.05, 4.69) is 37.0 Å². The van der Waals surface area contributed by atoms with Crippen molar-refractivity contribution in [2.75, 3.05) is 6.61 Å². The van der Waals surface area contributed by atoms with Crippen LogP contribution in [0.1, 0.15) is 48.9 Å². The molecule has 0 aliphatic heterocycles. The van der Waals surface area contributed by atoms with Crippen LogP contribution < -0.4 is 4.80 Å². The van der Waals surface area contributed by atoms with Crippen LogP contribution in [0.2, 0.25) is 0 Å². The minimum Gasteiger partial charge on any atom is -0.465 e. The number of benzene rings is 2. The summed E-state index contributed by atoms with van der Waals surface area (Å²) >= 11 is 1.42. The average molecular weight is 425 g/mol. The third-order valence-corrected chi connectivity index (χ3v) is 6.15. The monoisotopic (exact) mass is 424 g/mol. The Morgan fingerprint density at radius 2 is 1.77 bits per heavy atom. The third-order valence-electron chi connectivity index (χ3n) is 5.11. The number of esters is 1. The third kappa shape index (κ3) is 5.05. The van der Waals surface area contributed by atoms with Gasteiger partial charge < -0.3 is 9.30 Å². The minimum absolute atomic E-state index is 0.0333. The van der Waals surface area contributed by atoms with Crippen molar-refractivity contribution in [3.8, 4) is 0 Å². The van der Waals surface area contributed by atoms with Crippen LogP contribution in [0.4, 0.5) is 0 Å². The van der Waals surface area contributed by atoms with Crippen molar-refractivity contribution in [2.24, 2.45) is 4.99 Å². The summed E-state index contributed by atoms with van der Waals surface area (Å²) in [6.07, 6.45) is 0.226. The van der Waals surface area contributed by atoms with Crippen molar-refractivity contribution >= 4 is 33.4 Å². The van der Waals surface area contributed by atoms with E-state index in [4.69, 9.17) is 4.74 Å². The lowest BCUT2D eigenvalue weighted by Crippen LogP contribution is -2.23. The molecule has 0 N–H and O–H groups in total. The molecular weight excluding hydrogens is 396 g/mol. The van der Waals surface area contributed by atoms with Crippen LogP contribution >= 0.6 is 11.3 Å². The normalized spacial score (nSPS) is 12.0. The van der Waals surface area contributed by atoms with Crippen molar-refractivity contribution in [1.29, 1.82) is 0 Å². The molecule has 3 rings (SSSR count). The second kappa shape index (κ2) is 9.39. The number of ether oxygens (including phenoxy) is 1. The highest BCUT2D eigenvalue weighted by molar-refractivity contribution is 7.16. The average Bonchev–Trinajstić information content (AvgIpc) is 2.98. The summed E-state index contributed by atoms with van der Waals surface area (Å²) < 4.78 is 7.90. The molecule has 0 radical (unpaired) electrons. The van der Waals surface area contributed by atoms with Crippen LogP contribution in [0.5, 0.6) is 0 Å². The van der Waals surface area contributed by atoms with Gasteiger partial charge in [0, 0.05) is 0 Å². The van der Waals surface area contributed by atoms with Gasteiger partial charge >= 0.3 is 5.97 Å². The van der Waals surface area contributed by atoms with Gasteiger partial charge in [0.2, 0.25) is 0 Å². The predicted molar refractivity (Wildman–Crippen MR) is 121 cm³/mol. The van der Waals surface area contributed by atoms with Crippen molar-refractivity contribution in [3.63, 3.8) is 0 Å². The minimum atomic E-state index is -0.339. The first kappa shape index (κ1) is 22.0. The van der Waals surface area contributed by atoms with Crippen molar-refractivity contribution in [1.82, 2.24) is 4.57 Å². The Bertz CT molecular complexity index is 1140. The number of carbonyl (C=O) groups is 2. The molecule has 6 heteroatoms. The zero-order valence-corrected chi connectivity index (χ0v) is 19.0. The number of rotatable bonds is 6. The Balaban J connectivity index is 1.96. The van der Waals surface area contributed by atoms with Gasteiger partial charge in [-0.1, -0.05) is 49.4 Å². The second-order valence-corrected chi connectivity index (χ2v) is 8.77. The molecule has 1 amide bonds. The summed E-state index contributed by atoms with van der Waals surface area (Å²) in [5.41, 5.74) is 5.35. The van der Waals surface area contributed by atoms with Gasteiger partial charge in [-0.05, 0) is 61.1 Å². The Kier molecular flexibility index (Phi) is 6.87. The number of hydrogen-bond acceptors (Lipinski definition) is 4. The first-order chi connectivity index (χ1) is 14.3. The summed E-state index contributed by atoms with van der Waals surface area (Å²) in [6.45, 7) is 10.5. The fourth-order valence-electron chi connectivity index (χ4n) is 3.24. The fraction of sp³-hybridized carbons (Fsp3) is 0.375. The fourth-order valence-corrected chi connectivity index (χ4v) is 4.36. The summed E-state index contributed by atoms with van der Waals surface area (Å²) in [4.78, 5) is 29.7. The van der Waals surface area contributed by atoms with E-state index in [1.807, 2.05) is 32.0 Å². The Morgan fingerprint density at radius 1 is 1.10 bits per heavy atom. The SMILES string of the molecule is CCOC(=O)Cn1c(=NC(=O)Cc2ccc(C(C)C)cc2)sc2cc(C)c(C)cc21. The lowest BCUT2D eigenvalue weighted by atomic mass is 10.0. The number of thiazole rings is 1. The van der Waals surface area contributed by atoms with Gasteiger partial charge in [0.25, 0.3) is 5.91 Å². The van der Waals surface area contributed by atoms with E-state index >= 15 is 0 Å². The molecule has 0 aliphatic rings. The van der Waals surface area contributed by atoms with Crippen LogP contribution in [0.15, 0.2) is 41.4 Å². The highest BCUT2D eigenvalue weighted by Gasteiger charge is 2.14. The molecule has 0 saturated heterocycles. The zero-order valence-electron chi connectivity index (χ0n) is 18.2. The molecule has 0 atom stereocenters. The molecule has 158 valence electrons. The van der Waals surface area contributed by atoms with Gasteiger partial charge in [0.1, 0.15) is 6.54 Å². The van der Waals surface area contributed by atoms with Crippen LogP contribution in [-0.4, -0.2) is 23.1 Å². The molecule has 2 aromatic carbocycles. The van der Waals surface area contributed by atoms with E-state index < -0.39 is 0 Å². The van der Waals surface area contributed by atoms with E-state index in [1.54, 1.807) is 11.5 Å². The van der Waals surface area contributed by atoms with E-state index in [0.717, 1.165) is 26.9 Å². The van der Waals surface area contributed by atoms with Gasteiger partial charge in [-0.2, -0.15) is 4.99 Å². The largest absolute Gasteiger partial charge is 0.465 e. The molecule has 0 saturated carbocycles. The summed E-state index contributed by atoms with van der Waals surface area (Å²) in [5.74, 6) is -0.120. The molecule has 1 heterocycles. The standard InChI is InChI=1S/C24H28N2O3S/c1-6-29-23(28)14-26-20-11-16(4)17(5)12-21(20)30-24(26)25-22(27)13-18-7-9-19(10-8-18)15(2)3/h7-12,15H,6,13-14H2,1-5H3. The van der Waals surface area contributed by atoms with Crippen molar-refractivity contribution in [3.05, 3.63) is 63.5 Å². The molecule has 0 unspecified atom stereocenters. The first-order valence-corrected chi connectivity index (χ1v) is 11.0. The summed E-state index contributed by atoms with van der Waals surface area (Å²) in [6, 6.07) is 12.2. The van der Waals surface area contributed by atoms with Crippen molar-refractivity contribution < 1.29 is 14.3 Å². The lowest BCUT2D eigenvalue weighted by Gasteiger charge is -2.07. The number of carbonyl (C=O) groups excluding carboxylic acids is 2. The first-order valence-electron chi connectivity index (χ1n) is 10.2. The highest BCUT2D eigenvalue weighted by Crippen LogP contribution is 2.22. The Labute approximate surface area is 181 Å². The predicted octanol–water partition coefficient (Wildman–Crippen LogP) is 4.68. The maximum absolute atomic E-state index is 12.7. The van der Waals surface area contributed by atoms with Gasteiger partial charge in [0.05, 0.1) is 23.2 Å². The molecule has 0 spiro atoms. The number of aromatic nitrogens is 1. The maximum Gasteiger partial charge on any atom is 0.326 e. The van der Waals surface area contributed by atoms with E-state index in [1.165, 1.54) is 16.9 Å². The maximum atomic E-state index is 12.7. The van der Waals surface area contributed by atoms with E-state index in [-0.39, 0.29) is 24.8 Å². The molecule has 0 aliphatic carbocycles. The molecule has 3 aromatic rings. The van der Waals surface area contributed by atoms with Crippen molar-refractivity contribution in [2.45, 2.75) is 53.5 Å². The molecule has 5 nitrogen and oxygen atoms in total. The molecule has 1 aromatic heterocycles. The Hall–Kier alpha value is -2.73. The van der Waals surface area contributed by atoms with Gasteiger partial charge in [0.15, 0.2) is 4.80 Å². The number of fused-ring (bicyclic) bond motifs is 1. The van der Waals surface area contributed by atoms with Crippen LogP contribution in [0, 0.1) is 13.8 Å². The quantitative estimate of drug-likeness (QED) is 0.540. The molecule has 0 fully saturated rings. The van der Waals surface area contributed by atoms with Crippen LogP contribution in [-0.2, 0) is 27.3 Å². The number of aryl methyl sites for hydroxylation is 2. The van der Waals surface area contributed by atoms with E-state index in [9.17, 15) is 9.59 Å². The number of hydrogen-bond donors (Lipinski definition) is 0. The topological polar surface area (TPSA) is 60.7 Å². The smallest absolute Gasteiger partial charge is 0.326 e.